The van der Waals surface area contributed by atoms with Crippen LogP contribution in [0.2, 0.25) is 0 Å². The van der Waals surface area contributed by atoms with Crippen molar-refractivity contribution < 1.29 is 8.78 Å². The van der Waals surface area contributed by atoms with E-state index in [9.17, 15) is 8.78 Å². The van der Waals surface area contributed by atoms with E-state index < -0.39 is 5.92 Å². The van der Waals surface area contributed by atoms with Crippen molar-refractivity contribution in [2.45, 2.75) is 5.92 Å². The number of fused-ring (bicyclic) bond motifs is 3. The second-order valence-electron chi connectivity index (χ2n) is 5.24. The fraction of sp³-hybridized carbons (Fsp3) is 0.0588. The molecule has 0 saturated carbocycles. The second kappa shape index (κ2) is 4.83. The first-order valence-electron chi connectivity index (χ1n) is 6.89. The van der Waals surface area contributed by atoms with E-state index >= 15 is 0 Å². The van der Waals surface area contributed by atoms with Crippen LogP contribution < -0.4 is 0 Å². The largest absolute Gasteiger partial charge is 0.301 e. The number of hydrogen-bond acceptors (Lipinski definition) is 4. The Bertz CT molecular complexity index is 907. The third kappa shape index (κ3) is 1.96. The molecule has 4 heterocycles. The van der Waals surface area contributed by atoms with Gasteiger partial charge in [-0.3, -0.25) is 0 Å². The summed E-state index contributed by atoms with van der Waals surface area (Å²) in [6.45, 7) is 0. The van der Waals surface area contributed by atoms with E-state index in [4.69, 9.17) is 0 Å². The van der Waals surface area contributed by atoms with Crippen LogP contribution in [0, 0.1) is 0 Å². The van der Waals surface area contributed by atoms with Gasteiger partial charge in [-0.2, -0.15) is 8.78 Å². The topological polar surface area (TPSA) is 0 Å². The number of rotatable bonds is 2. The minimum absolute atomic E-state index is 0.171. The molecule has 0 atom stereocenters. The highest BCUT2D eigenvalue weighted by atomic mass is 32.1. The zero-order valence-corrected chi connectivity index (χ0v) is 14.8. The van der Waals surface area contributed by atoms with Crippen LogP contribution in [-0.2, 0) is 5.92 Å². The lowest BCUT2D eigenvalue weighted by molar-refractivity contribution is 0.0486. The molecule has 0 amide bonds. The molecule has 1 aliphatic carbocycles. The van der Waals surface area contributed by atoms with Gasteiger partial charge in [-0.05, 0) is 35.0 Å². The fourth-order valence-electron chi connectivity index (χ4n) is 2.81. The van der Waals surface area contributed by atoms with E-state index in [0.717, 1.165) is 29.3 Å². The average Bonchev–Trinajstić information content (AvgIpc) is 3.32. The third-order valence-electron chi connectivity index (χ3n) is 3.87. The first-order chi connectivity index (χ1) is 11.1. The van der Waals surface area contributed by atoms with Gasteiger partial charge in [0.05, 0.1) is 9.75 Å². The van der Waals surface area contributed by atoms with Crippen molar-refractivity contribution in [3.63, 3.8) is 0 Å². The average molecular weight is 379 g/mol. The summed E-state index contributed by atoms with van der Waals surface area (Å²) in [7, 11) is 0. The lowest BCUT2D eigenvalue weighted by Crippen LogP contribution is -2.09. The van der Waals surface area contributed by atoms with Gasteiger partial charge in [0.2, 0.25) is 0 Å². The second-order valence-corrected chi connectivity index (χ2v) is 9.24. The summed E-state index contributed by atoms with van der Waals surface area (Å²) >= 11 is 6.13. The highest BCUT2D eigenvalue weighted by molar-refractivity contribution is 7.28. The maximum Gasteiger partial charge on any atom is 0.301 e. The smallest absolute Gasteiger partial charge is 0.196 e. The molecule has 1 aliphatic rings. The molecular weight excluding hydrogens is 370 g/mol. The number of halogens is 2. The monoisotopic (exact) mass is 378 g/mol. The Kier molecular flexibility index (Phi) is 2.95. The van der Waals surface area contributed by atoms with E-state index in [1.165, 1.54) is 22.7 Å². The number of thiophene rings is 4. The van der Waals surface area contributed by atoms with Crippen molar-refractivity contribution in [1.82, 2.24) is 0 Å². The minimum Gasteiger partial charge on any atom is -0.196 e. The first kappa shape index (κ1) is 14.0. The van der Waals surface area contributed by atoms with Gasteiger partial charge < -0.3 is 0 Å². The molecule has 0 spiro atoms. The molecule has 4 aromatic heterocycles. The van der Waals surface area contributed by atoms with Gasteiger partial charge in [-0.1, -0.05) is 12.1 Å². The molecule has 0 aromatic carbocycles. The van der Waals surface area contributed by atoms with Crippen LogP contribution in [0.5, 0.6) is 0 Å². The van der Waals surface area contributed by atoms with Gasteiger partial charge in [0.25, 0.3) is 0 Å². The Labute approximate surface area is 147 Å². The van der Waals surface area contributed by atoms with Gasteiger partial charge in [0.15, 0.2) is 0 Å². The molecule has 0 nitrogen and oxygen atoms in total. The zero-order chi connectivity index (χ0) is 15.6. The number of alkyl halides is 2. The summed E-state index contributed by atoms with van der Waals surface area (Å²) in [5, 5.41) is 3.95. The molecule has 5 rings (SSSR count). The molecule has 0 aliphatic heterocycles. The van der Waals surface area contributed by atoms with Crippen LogP contribution in [0.1, 0.15) is 11.1 Å². The third-order valence-corrected chi connectivity index (χ3v) is 8.44. The Morgan fingerprint density at radius 3 is 1.57 bits per heavy atom. The molecule has 0 radical (unpaired) electrons. The summed E-state index contributed by atoms with van der Waals surface area (Å²) in [5.41, 5.74) is 0.342. The highest BCUT2D eigenvalue weighted by Crippen LogP contribution is 2.59. The summed E-state index contributed by atoms with van der Waals surface area (Å²) < 4.78 is 29.7. The number of hydrogen-bond donors (Lipinski definition) is 0. The highest BCUT2D eigenvalue weighted by Gasteiger charge is 2.47. The van der Waals surface area contributed by atoms with E-state index in [-0.39, 0.29) is 11.1 Å². The lowest BCUT2D eigenvalue weighted by atomic mass is 10.1. The van der Waals surface area contributed by atoms with Crippen LogP contribution in [0.15, 0.2) is 47.2 Å². The summed E-state index contributed by atoms with van der Waals surface area (Å²) in [4.78, 5) is 5.44. The Hall–Kier alpha value is -1.34. The van der Waals surface area contributed by atoms with E-state index in [0.29, 0.717) is 0 Å². The minimum atomic E-state index is -2.89. The molecule has 4 aromatic rings. The van der Waals surface area contributed by atoms with Crippen molar-refractivity contribution in [3.05, 3.63) is 58.3 Å². The van der Waals surface area contributed by atoms with E-state index in [1.807, 2.05) is 35.0 Å². The Morgan fingerprint density at radius 1 is 0.696 bits per heavy atom. The van der Waals surface area contributed by atoms with Crippen molar-refractivity contribution in [3.8, 4) is 29.3 Å². The molecule has 0 saturated heterocycles. The Balaban J connectivity index is 1.70. The predicted octanol–water partition coefficient (Wildman–Crippen LogP) is 7.39. The Morgan fingerprint density at radius 2 is 1.17 bits per heavy atom. The molecular formula is C17H8F2S4. The molecule has 6 heteroatoms. The standard InChI is InChI=1S/C17H8F2S4/c18-17(19)9-7-13(11-3-1-5-20-11)22-15(9)16-10(17)8-14(23-16)12-4-2-6-21-12/h1-8H. The van der Waals surface area contributed by atoms with Crippen molar-refractivity contribution in [2.75, 3.05) is 0 Å². The molecule has 23 heavy (non-hydrogen) atoms. The maximum atomic E-state index is 14.9. The quantitative estimate of drug-likeness (QED) is 0.341. The van der Waals surface area contributed by atoms with Crippen LogP contribution in [0.4, 0.5) is 8.78 Å². The molecule has 0 fully saturated rings. The van der Waals surface area contributed by atoms with Gasteiger partial charge in [-0.15, -0.1) is 45.3 Å². The van der Waals surface area contributed by atoms with Gasteiger partial charge >= 0.3 is 5.92 Å². The van der Waals surface area contributed by atoms with E-state index in [1.54, 1.807) is 34.8 Å². The van der Waals surface area contributed by atoms with Gasteiger partial charge in [0, 0.05) is 30.6 Å². The molecule has 0 unspecified atom stereocenters. The zero-order valence-electron chi connectivity index (χ0n) is 11.5. The SMILES string of the molecule is FC1(F)c2cc(-c3cccs3)sc2-c2sc(-c3cccs3)cc21. The van der Waals surface area contributed by atoms with Crippen LogP contribution in [0.25, 0.3) is 29.3 Å². The lowest BCUT2D eigenvalue weighted by Gasteiger charge is -2.09. The summed E-state index contributed by atoms with van der Waals surface area (Å²) in [6, 6.07) is 11.2. The van der Waals surface area contributed by atoms with E-state index in [2.05, 4.69) is 0 Å². The van der Waals surface area contributed by atoms with Gasteiger partial charge in [0.1, 0.15) is 0 Å². The molecule has 114 valence electrons. The summed E-state index contributed by atoms with van der Waals surface area (Å²) in [5.74, 6) is -2.89. The normalized spacial score (nSPS) is 14.9. The fourth-order valence-corrected chi connectivity index (χ4v) is 7.00. The van der Waals surface area contributed by atoms with Crippen LogP contribution >= 0.6 is 45.3 Å². The van der Waals surface area contributed by atoms with Crippen molar-refractivity contribution in [2.24, 2.45) is 0 Å². The van der Waals surface area contributed by atoms with Crippen molar-refractivity contribution >= 4 is 45.3 Å². The first-order valence-corrected chi connectivity index (χ1v) is 10.3. The van der Waals surface area contributed by atoms with Crippen molar-refractivity contribution in [1.29, 1.82) is 0 Å². The van der Waals surface area contributed by atoms with Crippen LogP contribution in [0.3, 0.4) is 0 Å². The van der Waals surface area contributed by atoms with Gasteiger partial charge in [-0.25, -0.2) is 0 Å². The predicted molar refractivity (Wildman–Crippen MR) is 97.3 cm³/mol. The summed E-state index contributed by atoms with van der Waals surface area (Å²) in [6.07, 6.45) is 0. The molecule has 0 bridgehead atoms. The van der Waals surface area contributed by atoms with Crippen LogP contribution in [-0.4, -0.2) is 0 Å². The molecule has 0 N–H and O–H groups in total. The maximum absolute atomic E-state index is 14.9.